The number of likely N-dealkylation sites (N-methyl/N-ethyl adjacent to an activating group) is 1. The molecule has 0 unspecified atom stereocenters. The Morgan fingerprint density at radius 3 is 2.38 bits per heavy atom. The Bertz CT molecular complexity index is 666. The molecule has 2 aromatic carbocycles. The van der Waals surface area contributed by atoms with Gasteiger partial charge in [-0.2, -0.15) is 0 Å². The molecule has 2 rings (SSSR count). The second-order valence-electron chi connectivity index (χ2n) is 6.25. The van der Waals surface area contributed by atoms with E-state index in [1.807, 2.05) is 45.3 Å². The molecule has 4 heteroatoms. The number of benzene rings is 2. The Morgan fingerprint density at radius 1 is 1.08 bits per heavy atom. The van der Waals surface area contributed by atoms with Crippen molar-refractivity contribution in [1.29, 1.82) is 0 Å². The first-order valence-electron chi connectivity index (χ1n) is 8.15. The maximum absolute atomic E-state index is 12.1. The van der Waals surface area contributed by atoms with Crippen LogP contribution in [0.25, 0.3) is 0 Å². The van der Waals surface area contributed by atoms with E-state index >= 15 is 0 Å². The number of ether oxygens (including phenoxy) is 1. The normalized spacial score (nSPS) is 12.0. The number of aryl methyl sites for hydroxylation is 2. The van der Waals surface area contributed by atoms with Crippen LogP contribution in [0.4, 0.5) is 0 Å². The molecular weight excluding hydrogens is 300 g/mol. The largest absolute Gasteiger partial charge is 0.484 e. The maximum atomic E-state index is 12.1. The molecule has 0 spiro atoms. The highest BCUT2D eigenvalue weighted by Crippen LogP contribution is 2.18. The molecular formula is C20H26N2O2. The Hall–Kier alpha value is -2.33. The van der Waals surface area contributed by atoms with Crippen LogP contribution in [-0.2, 0) is 4.79 Å². The van der Waals surface area contributed by atoms with Gasteiger partial charge in [0, 0.05) is 6.54 Å². The van der Waals surface area contributed by atoms with Crippen LogP contribution in [0.2, 0.25) is 0 Å². The quantitative estimate of drug-likeness (QED) is 0.850. The predicted molar refractivity (Wildman–Crippen MR) is 97.3 cm³/mol. The molecule has 1 amide bonds. The predicted octanol–water partition coefficient (Wildman–Crippen LogP) is 3.10. The third kappa shape index (κ3) is 5.10. The summed E-state index contributed by atoms with van der Waals surface area (Å²) in [5, 5.41) is 2.96. The van der Waals surface area contributed by atoms with Gasteiger partial charge in [-0.05, 0) is 45.1 Å². The number of carbonyl (C=O) groups is 1. The summed E-state index contributed by atoms with van der Waals surface area (Å²) in [5.41, 5.74) is 3.44. The highest BCUT2D eigenvalue weighted by molar-refractivity contribution is 5.77. The van der Waals surface area contributed by atoms with Gasteiger partial charge in [0.25, 0.3) is 5.91 Å². The fraction of sp³-hybridized carbons (Fsp3) is 0.350. The van der Waals surface area contributed by atoms with Crippen molar-refractivity contribution in [2.75, 3.05) is 27.2 Å². The topological polar surface area (TPSA) is 41.6 Å². The zero-order valence-electron chi connectivity index (χ0n) is 14.9. The Balaban J connectivity index is 1.88. The van der Waals surface area contributed by atoms with Crippen molar-refractivity contribution in [3.63, 3.8) is 0 Å². The van der Waals surface area contributed by atoms with E-state index in [1.165, 1.54) is 11.1 Å². The zero-order valence-corrected chi connectivity index (χ0v) is 14.9. The smallest absolute Gasteiger partial charge is 0.258 e. The van der Waals surface area contributed by atoms with Crippen LogP contribution in [0, 0.1) is 13.8 Å². The molecule has 0 saturated carbocycles. The number of carbonyl (C=O) groups excluding carboxylic acids is 1. The van der Waals surface area contributed by atoms with Crippen LogP contribution < -0.4 is 10.1 Å². The number of para-hydroxylation sites is 1. The fourth-order valence-electron chi connectivity index (χ4n) is 2.51. The van der Waals surface area contributed by atoms with E-state index in [0.717, 1.165) is 11.3 Å². The van der Waals surface area contributed by atoms with Crippen LogP contribution in [0.5, 0.6) is 5.75 Å². The van der Waals surface area contributed by atoms with Gasteiger partial charge >= 0.3 is 0 Å². The molecule has 2 aromatic rings. The second-order valence-corrected chi connectivity index (χ2v) is 6.25. The molecule has 0 heterocycles. The van der Waals surface area contributed by atoms with Crippen LogP contribution in [0.15, 0.2) is 48.5 Å². The SMILES string of the molecule is Cc1ccc([C@H](CNC(=O)COc2ccccc2C)N(C)C)cc1. The molecule has 4 nitrogen and oxygen atoms in total. The average molecular weight is 326 g/mol. The van der Waals surface area contributed by atoms with E-state index in [1.54, 1.807) is 0 Å². The summed E-state index contributed by atoms with van der Waals surface area (Å²) < 4.78 is 5.59. The van der Waals surface area contributed by atoms with E-state index in [4.69, 9.17) is 4.74 Å². The van der Waals surface area contributed by atoms with Gasteiger partial charge in [-0.25, -0.2) is 0 Å². The molecule has 0 radical (unpaired) electrons. The van der Waals surface area contributed by atoms with Gasteiger partial charge < -0.3 is 15.0 Å². The standard InChI is InChI=1S/C20H26N2O2/c1-15-9-11-17(12-10-15)18(22(3)4)13-21-20(23)14-24-19-8-6-5-7-16(19)2/h5-12,18H,13-14H2,1-4H3,(H,21,23)/t18-/m0/s1. The molecule has 0 aromatic heterocycles. The molecule has 24 heavy (non-hydrogen) atoms. The molecule has 0 aliphatic carbocycles. The third-order valence-electron chi connectivity index (χ3n) is 4.03. The van der Waals surface area contributed by atoms with E-state index < -0.39 is 0 Å². The summed E-state index contributed by atoms with van der Waals surface area (Å²) in [6.45, 7) is 4.61. The molecule has 0 aliphatic rings. The van der Waals surface area contributed by atoms with Crippen molar-refractivity contribution >= 4 is 5.91 Å². The van der Waals surface area contributed by atoms with Crippen molar-refractivity contribution < 1.29 is 9.53 Å². The van der Waals surface area contributed by atoms with E-state index in [-0.39, 0.29) is 18.6 Å². The highest BCUT2D eigenvalue weighted by atomic mass is 16.5. The van der Waals surface area contributed by atoms with Crippen LogP contribution in [0.3, 0.4) is 0 Å². The Morgan fingerprint density at radius 2 is 1.75 bits per heavy atom. The lowest BCUT2D eigenvalue weighted by molar-refractivity contribution is -0.123. The fourth-order valence-corrected chi connectivity index (χ4v) is 2.51. The first kappa shape index (κ1) is 18.0. The van der Waals surface area contributed by atoms with E-state index in [2.05, 4.69) is 41.4 Å². The summed E-state index contributed by atoms with van der Waals surface area (Å²) in [6, 6.07) is 16.2. The van der Waals surface area contributed by atoms with Crippen LogP contribution in [-0.4, -0.2) is 38.1 Å². The lowest BCUT2D eigenvalue weighted by atomic mass is 10.0. The van der Waals surface area contributed by atoms with E-state index in [0.29, 0.717) is 6.54 Å². The minimum absolute atomic E-state index is 0.0267. The lowest BCUT2D eigenvalue weighted by Gasteiger charge is -2.25. The number of amides is 1. The van der Waals surface area contributed by atoms with Crippen molar-refractivity contribution in [2.45, 2.75) is 19.9 Å². The summed E-state index contributed by atoms with van der Waals surface area (Å²) in [6.07, 6.45) is 0. The lowest BCUT2D eigenvalue weighted by Crippen LogP contribution is -2.36. The first-order valence-corrected chi connectivity index (χ1v) is 8.15. The summed E-state index contributed by atoms with van der Waals surface area (Å²) in [4.78, 5) is 14.2. The minimum Gasteiger partial charge on any atom is -0.484 e. The number of rotatable bonds is 7. The monoisotopic (exact) mass is 326 g/mol. The van der Waals surface area contributed by atoms with Gasteiger partial charge in [-0.3, -0.25) is 4.79 Å². The average Bonchev–Trinajstić information content (AvgIpc) is 2.55. The van der Waals surface area contributed by atoms with Gasteiger partial charge in [0.15, 0.2) is 6.61 Å². The Labute approximate surface area is 144 Å². The molecule has 1 N–H and O–H groups in total. The summed E-state index contributed by atoms with van der Waals surface area (Å²) >= 11 is 0. The second kappa shape index (κ2) is 8.50. The number of nitrogens with one attached hydrogen (secondary N) is 1. The number of hydrogen-bond acceptors (Lipinski definition) is 3. The van der Waals surface area contributed by atoms with Crippen LogP contribution in [0.1, 0.15) is 22.7 Å². The first-order chi connectivity index (χ1) is 11.5. The van der Waals surface area contributed by atoms with Gasteiger partial charge in [0.1, 0.15) is 5.75 Å². The zero-order chi connectivity index (χ0) is 17.5. The maximum Gasteiger partial charge on any atom is 0.258 e. The van der Waals surface area contributed by atoms with Gasteiger partial charge in [0.05, 0.1) is 6.04 Å². The third-order valence-corrected chi connectivity index (χ3v) is 4.03. The van der Waals surface area contributed by atoms with Crippen molar-refractivity contribution in [3.05, 3.63) is 65.2 Å². The molecule has 1 atom stereocenters. The van der Waals surface area contributed by atoms with Gasteiger partial charge in [-0.1, -0.05) is 48.0 Å². The van der Waals surface area contributed by atoms with Gasteiger partial charge in [0.2, 0.25) is 0 Å². The molecule has 0 saturated heterocycles. The molecule has 128 valence electrons. The molecule has 0 bridgehead atoms. The summed E-state index contributed by atoms with van der Waals surface area (Å²) in [7, 11) is 4.03. The summed E-state index contributed by atoms with van der Waals surface area (Å²) in [5.74, 6) is 0.632. The van der Waals surface area contributed by atoms with Crippen molar-refractivity contribution in [3.8, 4) is 5.75 Å². The molecule has 0 aliphatic heterocycles. The van der Waals surface area contributed by atoms with E-state index in [9.17, 15) is 4.79 Å². The van der Waals surface area contributed by atoms with Crippen molar-refractivity contribution in [1.82, 2.24) is 10.2 Å². The number of hydrogen-bond donors (Lipinski definition) is 1. The number of nitrogens with zero attached hydrogens (tertiary/aromatic N) is 1. The van der Waals surface area contributed by atoms with Gasteiger partial charge in [-0.15, -0.1) is 0 Å². The van der Waals surface area contributed by atoms with Crippen molar-refractivity contribution in [2.24, 2.45) is 0 Å². The highest BCUT2D eigenvalue weighted by Gasteiger charge is 2.15. The molecule has 0 fully saturated rings. The minimum atomic E-state index is -0.114. The van der Waals surface area contributed by atoms with Crippen LogP contribution >= 0.6 is 0 Å². The Kier molecular flexibility index (Phi) is 6.38.